The Balaban J connectivity index is 1.98. The average molecular weight is 288 g/mol. The highest BCUT2D eigenvalue weighted by molar-refractivity contribution is 5.85. The molecule has 0 unspecified atom stereocenters. The molecule has 0 radical (unpaired) electrons. The van der Waals surface area contributed by atoms with Crippen LogP contribution in [0.25, 0.3) is 0 Å². The number of para-hydroxylation sites is 1. The highest BCUT2D eigenvalue weighted by Crippen LogP contribution is 2.14. The van der Waals surface area contributed by atoms with Crippen molar-refractivity contribution in [1.29, 1.82) is 0 Å². The van der Waals surface area contributed by atoms with E-state index in [0.29, 0.717) is 17.0 Å². The molecule has 3 N–H and O–H groups in total. The third-order valence-corrected chi connectivity index (χ3v) is 2.96. The molecule has 1 aromatic heterocycles. The van der Waals surface area contributed by atoms with Gasteiger partial charge in [-0.05, 0) is 19.1 Å². The number of amides is 1. The maximum atomic E-state index is 11.7. The lowest BCUT2D eigenvalue weighted by Gasteiger charge is -2.03. The first-order chi connectivity index (χ1) is 10.1. The van der Waals surface area contributed by atoms with E-state index in [2.05, 4.69) is 20.7 Å². The zero-order chi connectivity index (χ0) is 15.2. The van der Waals surface area contributed by atoms with E-state index in [0.717, 1.165) is 5.56 Å². The SMILES string of the molecule is COc1ccccc1C=NNC(=O)Cc1c(C)[nH][nH]c1=O. The molecule has 7 heteroatoms. The largest absolute Gasteiger partial charge is 0.496 e. The van der Waals surface area contributed by atoms with Crippen LogP contribution in [0.4, 0.5) is 0 Å². The van der Waals surface area contributed by atoms with Gasteiger partial charge < -0.3 is 9.84 Å². The Morgan fingerprint density at radius 1 is 1.38 bits per heavy atom. The lowest BCUT2D eigenvalue weighted by Crippen LogP contribution is -2.23. The molecular weight excluding hydrogens is 272 g/mol. The molecule has 1 heterocycles. The lowest BCUT2D eigenvalue weighted by atomic mass is 10.2. The van der Waals surface area contributed by atoms with Gasteiger partial charge in [0.2, 0.25) is 5.91 Å². The Labute approximate surface area is 121 Å². The fraction of sp³-hybridized carbons (Fsp3) is 0.214. The zero-order valence-electron chi connectivity index (χ0n) is 11.8. The molecule has 0 fully saturated rings. The van der Waals surface area contributed by atoms with Crippen LogP contribution in [0.3, 0.4) is 0 Å². The minimum absolute atomic E-state index is 0.0338. The Bertz CT molecular complexity index is 715. The van der Waals surface area contributed by atoms with Gasteiger partial charge in [0.15, 0.2) is 0 Å². The van der Waals surface area contributed by atoms with Crippen molar-refractivity contribution in [2.24, 2.45) is 5.10 Å². The van der Waals surface area contributed by atoms with Gasteiger partial charge in [0.05, 0.1) is 19.7 Å². The summed E-state index contributed by atoms with van der Waals surface area (Å²) in [6, 6.07) is 7.30. The zero-order valence-corrected chi connectivity index (χ0v) is 11.8. The first-order valence-electron chi connectivity index (χ1n) is 6.33. The molecule has 0 aliphatic heterocycles. The maximum Gasteiger partial charge on any atom is 0.267 e. The molecule has 0 atom stereocenters. The predicted molar refractivity (Wildman–Crippen MR) is 78.6 cm³/mol. The number of hydrogen-bond donors (Lipinski definition) is 3. The third-order valence-electron chi connectivity index (χ3n) is 2.96. The molecule has 0 aliphatic rings. The number of H-pyrrole nitrogens is 2. The summed E-state index contributed by atoms with van der Waals surface area (Å²) in [5.41, 5.74) is 3.88. The molecule has 110 valence electrons. The Morgan fingerprint density at radius 3 is 2.81 bits per heavy atom. The molecule has 1 amide bonds. The number of benzene rings is 1. The van der Waals surface area contributed by atoms with Crippen LogP contribution in [-0.4, -0.2) is 29.4 Å². The van der Waals surface area contributed by atoms with E-state index < -0.39 is 0 Å². The second-order valence-corrected chi connectivity index (χ2v) is 4.39. The van der Waals surface area contributed by atoms with Crippen molar-refractivity contribution in [2.45, 2.75) is 13.3 Å². The molecule has 2 rings (SSSR count). The van der Waals surface area contributed by atoms with Gasteiger partial charge >= 0.3 is 0 Å². The Morgan fingerprint density at radius 2 is 2.14 bits per heavy atom. The van der Waals surface area contributed by atoms with Gasteiger partial charge in [-0.3, -0.25) is 14.7 Å². The quantitative estimate of drug-likeness (QED) is 0.558. The van der Waals surface area contributed by atoms with Gasteiger partial charge in [0.25, 0.3) is 5.56 Å². The number of ether oxygens (including phenoxy) is 1. The van der Waals surface area contributed by atoms with E-state index in [-0.39, 0.29) is 17.9 Å². The van der Waals surface area contributed by atoms with Gasteiger partial charge in [-0.25, -0.2) is 5.43 Å². The third kappa shape index (κ3) is 3.59. The van der Waals surface area contributed by atoms with Crippen molar-refractivity contribution in [3.63, 3.8) is 0 Å². The van der Waals surface area contributed by atoms with Crippen LogP contribution < -0.4 is 15.7 Å². The van der Waals surface area contributed by atoms with E-state index in [1.807, 2.05) is 18.2 Å². The summed E-state index contributed by atoms with van der Waals surface area (Å²) in [7, 11) is 1.56. The minimum Gasteiger partial charge on any atom is -0.496 e. The summed E-state index contributed by atoms with van der Waals surface area (Å²) < 4.78 is 5.17. The highest BCUT2D eigenvalue weighted by atomic mass is 16.5. The molecule has 0 saturated heterocycles. The number of carbonyl (C=O) groups excluding carboxylic acids is 1. The number of nitrogens with one attached hydrogen (secondary N) is 3. The number of nitrogens with zero attached hydrogens (tertiary/aromatic N) is 1. The van der Waals surface area contributed by atoms with Crippen LogP contribution in [0.15, 0.2) is 34.2 Å². The van der Waals surface area contributed by atoms with Crippen molar-refractivity contribution in [3.8, 4) is 5.75 Å². The van der Waals surface area contributed by atoms with Gasteiger partial charge in [-0.2, -0.15) is 5.10 Å². The van der Waals surface area contributed by atoms with Crippen molar-refractivity contribution in [2.75, 3.05) is 7.11 Å². The summed E-state index contributed by atoms with van der Waals surface area (Å²) in [5, 5.41) is 8.95. The van der Waals surface area contributed by atoms with Crippen molar-refractivity contribution < 1.29 is 9.53 Å². The van der Waals surface area contributed by atoms with Crippen LogP contribution in [0.5, 0.6) is 5.75 Å². The molecule has 0 aliphatic carbocycles. The molecule has 0 spiro atoms. The van der Waals surface area contributed by atoms with Crippen LogP contribution in [-0.2, 0) is 11.2 Å². The second kappa shape index (κ2) is 6.56. The van der Waals surface area contributed by atoms with E-state index in [1.54, 1.807) is 20.1 Å². The standard InChI is InChI=1S/C14H16N4O3/c1-9-11(14(20)18-16-9)7-13(19)17-15-8-10-5-3-4-6-12(10)21-2/h3-6,8H,7H2,1-2H3,(H,17,19)(H2,16,18,20). The monoisotopic (exact) mass is 288 g/mol. The van der Waals surface area contributed by atoms with Crippen molar-refractivity contribution in [3.05, 3.63) is 51.4 Å². The van der Waals surface area contributed by atoms with E-state index in [9.17, 15) is 9.59 Å². The van der Waals surface area contributed by atoms with Crippen molar-refractivity contribution >= 4 is 12.1 Å². The number of hydrazone groups is 1. The number of aromatic nitrogens is 2. The Hall–Kier alpha value is -2.83. The summed E-state index contributed by atoms with van der Waals surface area (Å²) in [6.07, 6.45) is 1.46. The topological polar surface area (TPSA) is 99.3 Å². The van der Waals surface area contributed by atoms with E-state index in [4.69, 9.17) is 4.74 Å². The molecular formula is C14H16N4O3. The van der Waals surface area contributed by atoms with Gasteiger partial charge in [-0.15, -0.1) is 0 Å². The van der Waals surface area contributed by atoms with Crippen molar-refractivity contribution in [1.82, 2.24) is 15.6 Å². The molecule has 2 aromatic rings. The predicted octanol–water partition coefficient (Wildman–Crippen LogP) is 0.713. The summed E-state index contributed by atoms with van der Waals surface area (Å²) >= 11 is 0. The molecule has 0 saturated carbocycles. The fourth-order valence-electron chi connectivity index (χ4n) is 1.83. The van der Waals surface area contributed by atoms with Crippen LogP contribution in [0, 0.1) is 6.92 Å². The maximum absolute atomic E-state index is 11.7. The van der Waals surface area contributed by atoms with Gasteiger partial charge in [-0.1, -0.05) is 12.1 Å². The van der Waals surface area contributed by atoms with E-state index >= 15 is 0 Å². The smallest absolute Gasteiger partial charge is 0.267 e. The first-order valence-corrected chi connectivity index (χ1v) is 6.33. The summed E-state index contributed by atoms with van der Waals surface area (Å²) in [4.78, 5) is 23.2. The van der Waals surface area contributed by atoms with Crippen LogP contribution >= 0.6 is 0 Å². The number of methoxy groups -OCH3 is 1. The Kier molecular flexibility index (Phi) is 4.55. The van der Waals surface area contributed by atoms with Crippen LogP contribution in [0.2, 0.25) is 0 Å². The fourth-order valence-corrected chi connectivity index (χ4v) is 1.83. The minimum atomic E-state index is -0.366. The van der Waals surface area contributed by atoms with Gasteiger partial charge in [0, 0.05) is 16.8 Å². The normalized spacial score (nSPS) is 10.8. The second-order valence-electron chi connectivity index (χ2n) is 4.39. The number of aromatic amines is 2. The highest BCUT2D eigenvalue weighted by Gasteiger charge is 2.10. The average Bonchev–Trinajstić information content (AvgIpc) is 2.79. The molecule has 7 nitrogen and oxygen atoms in total. The van der Waals surface area contributed by atoms with E-state index in [1.165, 1.54) is 6.21 Å². The molecule has 0 bridgehead atoms. The number of hydrogen-bond acceptors (Lipinski definition) is 4. The first kappa shape index (κ1) is 14.6. The lowest BCUT2D eigenvalue weighted by molar-refractivity contribution is -0.120. The van der Waals surface area contributed by atoms with Gasteiger partial charge in [0.1, 0.15) is 5.75 Å². The summed E-state index contributed by atoms with van der Waals surface area (Å²) in [6.45, 7) is 1.72. The molecule has 1 aromatic carbocycles. The molecule has 21 heavy (non-hydrogen) atoms. The van der Waals surface area contributed by atoms with Crippen LogP contribution in [0.1, 0.15) is 16.8 Å². The number of aryl methyl sites for hydroxylation is 1. The summed E-state index contributed by atoms with van der Waals surface area (Å²) in [5.74, 6) is 0.294. The number of carbonyl (C=O) groups is 1. The number of rotatable bonds is 5.